The van der Waals surface area contributed by atoms with Crippen molar-refractivity contribution in [2.75, 3.05) is 0 Å². The van der Waals surface area contributed by atoms with Gasteiger partial charge in [-0.1, -0.05) is 97.1 Å². The minimum absolute atomic E-state index is 0. The second-order valence-electron chi connectivity index (χ2n) is 13.9. The third kappa shape index (κ3) is 5.42. The zero-order valence-electron chi connectivity index (χ0n) is 30.5. The van der Waals surface area contributed by atoms with Crippen molar-refractivity contribution in [3.63, 3.8) is 0 Å². The molecule has 0 atom stereocenters. The molecule has 0 unspecified atom stereocenters. The summed E-state index contributed by atoms with van der Waals surface area (Å²) in [7, 11) is 0. The predicted molar refractivity (Wildman–Crippen MR) is 227 cm³/mol. The maximum Gasteiger partial charge on any atom is 0.148 e. The molecule has 12 rings (SSSR count). The molecule has 2 N–H and O–H groups in total. The van der Waals surface area contributed by atoms with Crippen LogP contribution in [0.25, 0.3) is 109 Å². The number of aromatic nitrogens is 2. The molecule has 0 spiro atoms. The van der Waals surface area contributed by atoms with E-state index in [2.05, 4.69) is 94.9 Å². The summed E-state index contributed by atoms with van der Waals surface area (Å²) in [5, 5.41) is 34.7. The molecule has 0 fully saturated rings. The van der Waals surface area contributed by atoms with Gasteiger partial charge in [-0.3, -0.25) is 9.97 Å². The van der Waals surface area contributed by atoms with Gasteiger partial charge in [0.15, 0.2) is 0 Å². The molecule has 57 heavy (non-hydrogen) atoms. The van der Waals surface area contributed by atoms with Crippen LogP contribution in [0.5, 0.6) is 11.5 Å². The van der Waals surface area contributed by atoms with Crippen LogP contribution in [0.1, 0.15) is 0 Å². The van der Waals surface area contributed by atoms with E-state index < -0.39 is 0 Å². The van der Waals surface area contributed by atoms with E-state index in [1.54, 1.807) is 24.5 Å². The van der Waals surface area contributed by atoms with Gasteiger partial charge in [0.25, 0.3) is 0 Å². The molecule has 4 aromatic heterocycles. The van der Waals surface area contributed by atoms with Crippen LogP contribution in [0.2, 0.25) is 0 Å². The van der Waals surface area contributed by atoms with Gasteiger partial charge >= 0.3 is 0 Å². The Labute approximate surface area is 338 Å². The van der Waals surface area contributed by atoms with Crippen LogP contribution < -0.4 is 0 Å². The molecule has 0 radical (unpaired) electrons. The topological polar surface area (TPSA) is 92.5 Å². The molecular weight excluding hydrogens is 758 g/mol. The van der Waals surface area contributed by atoms with Gasteiger partial charge in [-0.2, -0.15) is 0 Å². The zero-order chi connectivity index (χ0) is 37.3. The zero-order valence-corrected chi connectivity index (χ0v) is 33.4. The fourth-order valence-electron chi connectivity index (χ4n) is 8.35. The Morgan fingerprint density at radius 1 is 0.351 bits per heavy atom. The largest absolute Gasteiger partial charge is 0.507 e. The Morgan fingerprint density at radius 2 is 0.754 bits per heavy atom. The summed E-state index contributed by atoms with van der Waals surface area (Å²) >= 11 is 0. The van der Waals surface area contributed by atoms with Crippen molar-refractivity contribution in [3.8, 4) is 34.0 Å². The third-order valence-corrected chi connectivity index (χ3v) is 10.9. The SMILES string of the molecule is Oc1ccc2c(oc3ccc4c5ccccc5ccc4c32)c1-c1ccccn1.Oc1ccc2c(oc3ccc4c5ccccc5ccc4c32)c1-c1ccccn1.[Zn]. The second-order valence-corrected chi connectivity index (χ2v) is 13.9. The fourth-order valence-corrected chi connectivity index (χ4v) is 8.35. The summed E-state index contributed by atoms with van der Waals surface area (Å²) < 4.78 is 12.5. The van der Waals surface area contributed by atoms with Crippen LogP contribution in [0.3, 0.4) is 0 Å². The normalized spacial score (nSPS) is 11.5. The minimum Gasteiger partial charge on any atom is -0.507 e. The van der Waals surface area contributed by atoms with Crippen molar-refractivity contribution in [3.05, 3.63) is 170 Å². The second kappa shape index (κ2) is 13.6. The van der Waals surface area contributed by atoms with Crippen molar-refractivity contribution >= 4 is 87.0 Å². The molecule has 0 saturated carbocycles. The molecule has 6 nitrogen and oxygen atoms in total. The molecule has 0 aliphatic carbocycles. The molecule has 0 amide bonds. The Morgan fingerprint density at radius 3 is 1.19 bits per heavy atom. The summed E-state index contributed by atoms with van der Waals surface area (Å²) in [6.45, 7) is 0. The Kier molecular flexibility index (Phi) is 8.21. The van der Waals surface area contributed by atoms with Gasteiger partial charge < -0.3 is 19.0 Å². The summed E-state index contributed by atoms with van der Waals surface area (Å²) in [6.07, 6.45) is 3.44. The van der Waals surface area contributed by atoms with Gasteiger partial charge in [-0.15, -0.1) is 0 Å². The number of hydrogen-bond donors (Lipinski definition) is 2. The van der Waals surface area contributed by atoms with Crippen LogP contribution in [0, 0.1) is 0 Å². The first-order valence-electron chi connectivity index (χ1n) is 18.4. The fraction of sp³-hybridized carbons (Fsp3) is 0. The Hall–Kier alpha value is -7.08. The van der Waals surface area contributed by atoms with E-state index >= 15 is 0 Å². The van der Waals surface area contributed by atoms with Crippen molar-refractivity contribution in [1.29, 1.82) is 0 Å². The summed E-state index contributed by atoms with van der Waals surface area (Å²) in [6, 6.07) is 52.3. The Bertz CT molecular complexity index is 3270. The summed E-state index contributed by atoms with van der Waals surface area (Å²) in [5.74, 6) is 0.333. The number of furan rings is 2. The minimum atomic E-state index is 0. The van der Waals surface area contributed by atoms with Gasteiger partial charge in [0.1, 0.15) is 33.8 Å². The average Bonchev–Trinajstić information content (AvgIpc) is 3.83. The number of hydrogen-bond acceptors (Lipinski definition) is 6. The summed E-state index contributed by atoms with van der Waals surface area (Å²) in [4.78, 5) is 8.83. The predicted octanol–water partition coefficient (Wildman–Crippen LogP) is 13.3. The Balaban J connectivity index is 0.000000137. The van der Waals surface area contributed by atoms with Crippen LogP contribution >= 0.6 is 0 Å². The quantitative estimate of drug-likeness (QED) is 0.134. The first-order valence-corrected chi connectivity index (χ1v) is 18.4. The number of phenols is 2. The molecule has 0 bridgehead atoms. The van der Waals surface area contributed by atoms with Crippen molar-refractivity contribution < 1.29 is 38.5 Å². The first-order chi connectivity index (χ1) is 27.6. The first kappa shape index (κ1) is 34.4. The van der Waals surface area contributed by atoms with Crippen molar-refractivity contribution in [1.82, 2.24) is 9.97 Å². The molecule has 7 heteroatoms. The van der Waals surface area contributed by atoms with E-state index in [1.165, 1.54) is 32.3 Å². The molecule has 4 heterocycles. The number of rotatable bonds is 2. The van der Waals surface area contributed by atoms with Crippen molar-refractivity contribution in [2.45, 2.75) is 0 Å². The van der Waals surface area contributed by atoms with Gasteiger partial charge in [0, 0.05) is 53.4 Å². The smallest absolute Gasteiger partial charge is 0.148 e. The number of benzene rings is 8. The monoisotopic (exact) mass is 786 g/mol. The maximum absolute atomic E-state index is 10.5. The van der Waals surface area contributed by atoms with E-state index in [0.717, 1.165) is 43.5 Å². The summed E-state index contributed by atoms with van der Waals surface area (Å²) in [5.41, 5.74) is 5.58. The maximum atomic E-state index is 10.5. The van der Waals surface area contributed by atoms with E-state index in [-0.39, 0.29) is 31.0 Å². The van der Waals surface area contributed by atoms with Crippen molar-refractivity contribution in [2.24, 2.45) is 0 Å². The molecule has 0 saturated heterocycles. The van der Waals surface area contributed by atoms with Gasteiger partial charge in [-0.25, -0.2) is 0 Å². The number of pyridine rings is 2. The number of fused-ring (bicyclic) bond motifs is 14. The van der Waals surface area contributed by atoms with Gasteiger partial charge in [0.05, 0.1) is 22.5 Å². The van der Waals surface area contributed by atoms with E-state index in [1.807, 2.05) is 60.7 Å². The molecule has 0 aliphatic rings. The van der Waals surface area contributed by atoms with Crippen LogP contribution in [-0.2, 0) is 19.5 Å². The number of phenolic OH excluding ortho intramolecular Hbond substituents is 2. The van der Waals surface area contributed by atoms with Crippen LogP contribution in [0.15, 0.2) is 179 Å². The van der Waals surface area contributed by atoms with Crippen LogP contribution in [0.4, 0.5) is 0 Å². The average molecular weight is 788 g/mol. The standard InChI is InChI=1S/2C25H15NO2.Zn/c2*27-21-12-10-19-23-18-9-8-15-5-1-2-6-16(15)17(18)11-13-22(23)28-25(19)24(21)20-7-3-4-14-26-20;/h2*1-14,27H;. The number of nitrogens with zero attached hydrogens (tertiary/aromatic N) is 2. The molecule has 12 aromatic rings. The molecule has 8 aromatic carbocycles. The molecule has 0 aliphatic heterocycles. The van der Waals surface area contributed by atoms with Gasteiger partial charge in [-0.05, 0) is 104 Å². The van der Waals surface area contributed by atoms with Gasteiger partial charge in [0.2, 0.25) is 0 Å². The van der Waals surface area contributed by atoms with E-state index in [0.29, 0.717) is 33.7 Å². The van der Waals surface area contributed by atoms with E-state index in [4.69, 9.17) is 8.83 Å². The molecule has 266 valence electrons. The van der Waals surface area contributed by atoms with E-state index in [9.17, 15) is 10.2 Å². The van der Waals surface area contributed by atoms with Crippen LogP contribution in [-0.4, -0.2) is 20.2 Å². The third-order valence-electron chi connectivity index (χ3n) is 10.9. The molecular formula is C50H30N2O4Zn. The number of aromatic hydroxyl groups is 2.